The van der Waals surface area contributed by atoms with Crippen LogP contribution in [0.4, 0.5) is 11.5 Å². The van der Waals surface area contributed by atoms with E-state index in [4.69, 9.17) is 5.73 Å². The van der Waals surface area contributed by atoms with Crippen LogP contribution in [-0.4, -0.2) is 24.0 Å². The van der Waals surface area contributed by atoms with Crippen molar-refractivity contribution in [3.05, 3.63) is 53.7 Å². The number of anilines is 2. The van der Waals surface area contributed by atoms with Gasteiger partial charge in [0.2, 0.25) is 5.91 Å². The van der Waals surface area contributed by atoms with Gasteiger partial charge < -0.3 is 16.4 Å². The first-order chi connectivity index (χ1) is 10.6. The summed E-state index contributed by atoms with van der Waals surface area (Å²) in [6.07, 6.45) is 1.23. The number of rotatable bonds is 7. The van der Waals surface area contributed by atoms with Crippen LogP contribution in [0.5, 0.6) is 0 Å². The molecule has 22 heavy (non-hydrogen) atoms. The van der Waals surface area contributed by atoms with E-state index in [1.165, 1.54) is 0 Å². The minimum atomic E-state index is 0.0411. The molecule has 4 N–H and O–H groups in total. The van der Waals surface area contributed by atoms with Gasteiger partial charge in [-0.2, -0.15) is 0 Å². The van der Waals surface area contributed by atoms with E-state index in [9.17, 15) is 4.79 Å². The van der Waals surface area contributed by atoms with Gasteiger partial charge in [0.1, 0.15) is 5.82 Å². The number of carbonyl (C=O) groups is 1. The van der Waals surface area contributed by atoms with E-state index < -0.39 is 0 Å². The fourth-order valence-electron chi connectivity index (χ4n) is 2.08. The van der Waals surface area contributed by atoms with E-state index in [1.807, 2.05) is 49.4 Å². The molecule has 2 rings (SSSR count). The average molecular weight is 298 g/mol. The van der Waals surface area contributed by atoms with Gasteiger partial charge in [-0.3, -0.25) is 4.79 Å². The molecule has 0 aliphatic rings. The third kappa shape index (κ3) is 5.09. The molecule has 0 saturated carbocycles. The predicted octanol–water partition coefficient (Wildman–Crippen LogP) is 2.13. The molecule has 0 atom stereocenters. The largest absolute Gasteiger partial charge is 0.396 e. The molecule has 0 aliphatic heterocycles. The molecule has 1 heterocycles. The minimum absolute atomic E-state index is 0.0411. The number of nitrogens with two attached hydrogens (primary N) is 1. The number of carbonyl (C=O) groups excluding carboxylic acids is 1. The van der Waals surface area contributed by atoms with Crippen LogP contribution in [-0.2, 0) is 11.2 Å². The highest BCUT2D eigenvalue weighted by Gasteiger charge is 2.03. The van der Waals surface area contributed by atoms with Crippen LogP contribution in [0, 0.1) is 6.92 Å². The monoisotopic (exact) mass is 298 g/mol. The van der Waals surface area contributed by atoms with Crippen LogP contribution >= 0.6 is 0 Å². The number of aryl methyl sites for hydroxylation is 1. The van der Waals surface area contributed by atoms with E-state index in [0.717, 1.165) is 17.7 Å². The summed E-state index contributed by atoms with van der Waals surface area (Å²) >= 11 is 0. The number of pyridine rings is 1. The molecular weight excluding hydrogens is 276 g/mol. The summed E-state index contributed by atoms with van der Waals surface area (Å²) in [4.78, 5) is 16.1. The molecule has 1 aromatic heterocycles. The van der Waals surface area contributed by atoms with Crippen molar-refractivity contribution in [2.45, 2.75) is 19.8 Å². The van der Waals surface area contributed by atoms with E-state index >= 15 is 0 Å². The Morgan fingerprint density at radius 2 is 1.91 bits per heavy atom. The van der Waals surface area contributed by atoms with E-state index in [2.05, 4.69) is 15.6 Å². The predicted molar refractivity (Wildman–Crippen MR) is 89.6 cm³/mol. The summed E-state index contributed by atoms with van der Waals surface area (Å²) < 4.78 is 0. The van der Waals surface area contributed by atoms with Gasteiger partial charge in [0, 0.05) is 18.8 Å². The molecular formula is C17H22N4O. The highest BCUT2D eigenvalue weighted by Crippen LogP contribution is 2.14. The van der Waals surface area contributed by atoms with E-state index in [-0.39, 0.29) is 5.91 Å². The lowest BCUT2D eigenvalue weighted by Gasteiger charge is -2.09. The zero-order chi connectivity index (χ0) is 15.8. The Kier molecular flexibility index (Phi) is 5.77. The summed E-state index contributed by atoms with van der Waals surface area (Å²) in [7, 11) is 0. The quantitative estimate of drug-likeness (QED) is 0.684. The van der Waals surface area contributed by atoms with Crippen molar-refractivity contribution in [3.8, 4) is 0 Å². The topological polar surface area (TPSA) is 80.0 Å². The molecule has 0 bridgehead atoms. The second kappa shape index (κ2) is 8.02. The molecule has 1 aromatic carbocycles. The lowest BCUT2D eigenvalue weighted by atomic mass is 10.1. The SMILES string of the molecule is Cc1ccc(N)c(NCCCNC(=O)Cc2ccccc2)n1. The van der Waals surface area contributed by atoms with E-state index in [0.29, 0.717) is 31.0 Å². The lowest BCUT2D eigenvalue weighted by molar-refractivity contribution is -0.120. The molecule has 0 aliphatic carbocycles. The number of nitrogens with zero attached hydrogens (tertiary/aromatic N) is 1. The first-order valence-electron chi connectivity index (χ1n) is 7.43. The van der Waals surface area contributed by atoms with Crippen LogP contribution in [0.1, 0.15) is 17.7 Å². The molecule has 0 unspecified atom stereocenters. The second-order valence-electron chi connectivity index (χ2n) is 5.18. The van der Waals surface area contributed by atoms with Gasteiger partial charge in [0.25, 0.3) is 0 Å². The Labute approximate surface area is 130 Å². The Morgan fingerprint density at radius 1 is 1.14 bits per heavy atom. The van der Waals surface area contributed by atoms with Crippen molar-refractivity contribution in [1.29, 1.82) is 0 Å². The first-order valence-corrected chi connectivity index (χ1v) is 7.43. The van der Waals surface area contributed by atoms with Gasteiger partial charge in [-0.15, -0.1) is 0 Å². The average Bonchev–Trinajstić information content (AvgIpc) is 2.51. The molecule has 0 spiro atoms. The van der Waals surface area contributed by atoms with E-state index in [1.54, 1.807) is 0 Å². The number of nitrogens with one attached hydrogen (secondary N) is 2. The number of benzene rings is 1. The van der Waals surface area contributed by atoms with Crippen molar-refractivity contribution >= 4 is 17.4 Å². The Bertz CT molecular complexity index is 613. The zero-order valence-electron chi connectivity index (χ0n) is 12.8. The summed E-state index contributed by atoms with van der Waals surface area (Å²) in [6, 6.07) is 13.4. The number of hydrogen-bond donors (Lipinski definition) is 3. The van der Waals surface area contributed by atoms with Crippen LogP contribution in [0.15, 0.2) is 42.5 Å². The maximum Gasteiger partial charge on any atom is 0.224 e. The lowest BCUT2D eigenvalue weighted by Crippen LogP contribution is -2.27. The number of hydrogen-bond acceptors (Lipinski definition) is 4. The van der Waals surface area contributed by atoms with Gasteiger partial charge in [0.15, 0.2) is 0 Å². The second-order valence-corrected chi connectivity index (χ2v) is 5.18. The van der Waals surface area contributed by atoms with Gasteiger partial charge in [-0.05, 0) is 31.0 Å². The molecule has 0 saturated heterocycles. The first kappa shape index (κ1) is 15.8. The molecule has 5 heteroatoms. The summed E-state index contributed by atoms with van der Waals surface area (Å²) in [6.45, 7) is 3.27. The van der Waals surface area contributed by atoms with Crippen molar-refractivity contribution in [3.63, 3.8) is 0 Å². The number of amides is 1. The van der Waals surface area contributed by atoms with Gasteiger partial charge in [-0.1, -0.05) is 30.3 Å². The molecule has 116 valence electrons. The Hall–Kier alpha value is -2.56. The fourth-order valence-corrected chi connectivity index (χ4v) is 2.08. The minimum Gasteiger partial charge on any atom is -0.396 e. The summed E-state index contributed by atoms with van der Waals surface area (Å²) in [5.41, 5.74) is 8.43. The molecule has 1 amide bonds. The third-order valence-electron chi connectivity index (χ3n) is 3.24. The zero-order valence-corrected chi connectivity index (χ0v) is 12.8. The standard InChI is InChI=1S/C17H22N4O/c1-13-8-9-15(18)17(21-13)20-11-5-10-19-16(22)12-14-6-3-2-4-7-14/h2-4,6-9H,5,10-12,18H2,1H3,(H,19,22)(H,20,21). The van der Waals surface area contributed by atoms with Gasteiger partial charge >= 0.3 is 0 Å². The highest BCUT2D eigenvalue weighted by molar-refractivity contribution is 5.78. The molecule has 0 fully saturated rings. The Morgan fingerprint density at radius 3 is 2.68 bits per heavy atom. The van der Waals surface area contributed by atoms with Crippen LogP contribution in [0.2, 0.25) is 0 Å². The summed E-state index contributed by atoms with van der Waals surface area (Å²) in [5.74, 6) is 0.745. The molecule has 2 aromatic rings. The highest BCUT2D eigenvalue weighted by atomic mass is 16.1. The van der Waals surface area contributed by atoms with Crippen molar-refractivity contribution in [1.82, 2.24) is 10.3 Å². The smallest absolute Gasteiger partial charge is 0.224 e. The molecule has 0 radical (unpaired) electrons. The van der Waals surface area contributed by atoms with Crippen LogP contribution in [0.3, 0.4) is 0 Å². The van der Waals surface area contributed by atoms with Crippen molar-refractivity contribution in [2.75, 3.05) is 24.1 Å². The number of nitrogen functional groups attached to an aromatic ring is 1. The van der Waals surface area contributed by atoms with Crippen LogP contribution < -0.4 is 16.4 Å². The summed E-state index contributed by atoms with van der Waals surface area (Å²) in [5, 5.41) is 6.10. The van der Waals surface area contributed by atoms with Crippen LogP contribution in [0.25, 0.3) is 0 Å². The van der Waals surface area contributed by atoms with Crippen molar-refractivity contribution in [2.24, 2.45) is 0 Å². The van der Waals surface area contributed by atoms with Gasteiger partial charge in [-0.25, -0.2) is 4.98 Å². The van der Waals surface area contributed by atoms with Gasteiger partial charge in [0.05, 0.1) is 12.1 Å². The maximum atomic E-state index is 11.8. The maximum absolute atomic E-state index is 11.8. The Balaban J connectivity index is 1.65. The number of aromatic nitrogens is 1. The third-order valence-corrected chi connectivity index (χ3v) is 3.24. The molecule has 5 nitrogen and oxygen atoms in total. The van der Waals surface area contributed by atoms with Crippen molar-refractivity contribution < 1.29 is 4.79 Å². The fraction of sp³-hybridized carbons (Fsp3) is 0.294. The normalized spacial score (nSPS) is 10.2.